The number of piperidine rings is 1. The summed E-state index contributed by atoms with van der Waals surface area (Å²) in [5, 5.41) is 26.8. The summed E-state index contributed by atoms with van der Waals surface area (Å²) < 4.78 is 12.7. The number of aliphatic hydroxyl groups is 2. The van der Waals surface area contributed by atoms with Crippen LogP contribution >= 0.6 is 12.4 Å². The molecule has 3 aromatic carbocycles. The third kappa shape index (κ3) is 6.35. The predicted octanol–water partition coefficient (Wildman–Crippen LogP) is 5.53. The minimum absolute atomic E-state index is 0. The molecule has 1 saturated heterocycles. The molecule has 1 aliphatic rings. The van der Waals surface area contributed by atoms with Crippen LogP contribution in [0.5, 0.6) is 11.5 Å². The third-order valence-corrected chi connectivity index (χ3v) is 8.55. The number of halogens is 1. The summed E-state index contributed by atoms with van der Waals surface area (Å²) in [5.41, 5.74) is 4.01. The largest absolute Gasteiger partial charge is 0.493 e. The van der Waals surface area contributed by atoms with Crippen LogP contribution in [0.1, 0.15) is 30.4 Å². The molecule has 10 heteroatoms. The number of aliphatic hydroxyl groups excluding tert-OH is 2. The van der Waals surface area contributed by atoms with Crippen LogP contribution in [-0.4, -0.2) is 65.1 Å². The highest BCUT2D eigenvalue weighted by atomic mass is 35.5. The Hall–Kier alpha value is -4.15. The molecule has 2 aromatic heterocycles. The number of benzene rings is 3. The number of nitrogens with one attached hydrogen (secondary N) is 1. The Balaban J connectivity index is 0.00000400. The van der Waals surface area contributed by atoms with Crippen molar-refractivity contribution in [3.8, 4) is 28.4 Å². The first-order chi connectivity index (χ1) is 21.6. The van der Waals surface area contributed by atoms with Crippen LogP contribution in [0.15, 0.2) is 71.7 Å². The number of pyridine rings is 2. The van der Waals surface area contributed by atoms with E-state index < -0.39 is 0 Å². The van der Waals surface area contributed by atoms with E-state index in [-0.39, 0.29) is 31.2 Å². The summed E-state index contributed by atoms with van der Waals surface area (Å²) in [6, 6.07) is 18.8. The van der Waals surface area contributed by atoms with Crippen molar-refractivity contribution in [2.24, 2.45) is 0 Å². The molecule has 0 saturated carbocycles. The number of fused-ring (bicyclic) bond motifs is 2. The number of para-hydroxylation sites is 1. The molecule has 0 aliphatic carbocycles. The molecule has 3 heterocycles. The fraction of sp³-hybridized carbons (Fsp3) is 0.314. The van der Waals surface area contributed by atoms with Gasteiger partial charge in [0.15, 0.2) is 11.5 Å². The number of likely N-dealkylation sites (tertiary alicyclic amines) is 1. The molecule has 1 aliphatic heterocycles. The molecule has 6 rings (SSSR count). The van der Waals surface area contributed by atoms with E-state index in [2.05, 4.69) is 15.2 Å². The lowest BCUT2D eigenvalue weighted by Gasteiger charge is -2.26. The van der Waals surface area contributed by atoms with Gasteiger partial charge in [-0.1, -0.05) is 24.6 Å². The first-order valence-corrected chi connectivity index (χ1v) is 15.1. The van der Waals surface area contributed by atoms with Gasteiger partial charge in [0.1, 0.15) is 5.82 Å². The summed E-state index contributed by atoms with van der Waals surface area (Å²) in [7, 11) is 3.15. The Morgan fingerprint density at radius 1 is 0.889 bits per heavy atom. The lowest BCUT2D eigenvalue weighted by atomic mass is 9.90. The second kappa shape index (κ2) is 14.3. The quantitative estimate of drug-likeness (QED) is 0.185. The number of ether oxygens (including phenoxy) is 2. The molecule has 0 bridgehead atoms. The number of nitrogens with zero attached hydrogens (tertiary/aromatic N) is 3. The normalized spacial score (nSPS) is 13.5. The van der Waals surface area contributed by atoms with Crippen LogP contribution in [0.3, 0.4) is 0 Å². The van der Waals surface area contributed by atoms with Crippen LogP contribution < -0.4 is 20.3 Å². The van der Waals surface area contributed by atoms with Gasteiger partial charge < -0.3 is 29.9 Å². The van der Waals surface area contributed by atoms with Gasteiger partial charge in [0.25, 0.3) is 5.56 Å². The van der Waals surface area contributed by atoms with E-state index in [0.29, 0.717) is 28.4 Å². The van der Waals surface area contributed by atoms with Gasteiger partial charge in [-0.05, 0) is 95.4 Å². The van der Waals surface area contributed by atoms with E-state index in [1.54, 1.807) is 31.0 Å². The minimum Gasteiger partial charge on any atom is -0.493 e. The predicted molar refractivity (Wildman–Crippen MR) is 181 cm³/mol. The number of methoxy groups -OCH3 is 2. The van der Waals surface area contributed by atoms with E-state index in [0.717, 1.165) is 64.7 Å². The maximum Gasteiger partial charge on any atom is 0.258 e. The smallest absolute Gasteiger partial charge is 0.258 e. The summed E-state index contributed by atoms with van der Waals surface area (Å²) >= 11 is 0. The molecule has 0 radical (unpaired) electrons. The number of aromatic nitrogens is 2. The van der Waals surface area contributed by atoms with E-state index in [9.17, 15) is 15.0 Å². The van der Waals surface area contributed by atoms with Crippen LogP contribution in [0.25, 0.3) is 38.6 Å². The van der Waals surface area contributed by atoms with Gasteiger partial charge in [0.2, 0.25) is 0 Å². The molecule has 0 atom stereocenters. The molecule has 0 amide bonds. The van der Waals surface area contributed by atoms with Gasteiger partial charge in [-0.2, -0.15) is 0 Å². The Morgan fingerprint density at radius 3 is 2.38 bits per heavy atom. The molecule has 5 aromatic rings. The highest BCUT2D eigenvalue weighted by Crippen LogP contribution is 2.41. The molecule has 0 spiro atoms. The van der Waals surface area contributed by atoms with Crippen LogP contribution in [0.4, 0.5) is 5.69 Å². The van der Waals surface area contributed by atoms with Crippen molar-refractivity contribution in [2.45, 2.75) is 32.5 Å². The second-order valence-electron chi connectivity index (χ2n) is 11.1. The monoisotopic (exact) mass is 630 g/mol. The lowest BCUT2D eigenvalue weighted by Crippen LogP contribution is -2.33. The molecule has 3 N–H and O–H groups in total. The molecule has 1 fully saturated rings. The highest BCUT2D eigenvalue weighted by Gasteiger charge is 2.19. The van der Waals surface area contributed by atoms with E-state index in [1.807, 2.05) is 54.6 Å². The third-order valence-electron chi connectivity index (χ3n) is 8.55. The van der Waals surface area contributed by atoms with Crippen molar-refractivity contribution in [1.82, 2.24) is 14.5 Å². The number of anilines is 1. The van der Waals surface area contributed by atoms with Gasteiger partial charge in [0, 0.05) is 36.4 Å². The van der Waals surface area contributed by atoms with Crippen molar-refractivity contribution in [2.75, 3.05) is 45.7 Å². The Morgan fingerprint density at radius 2 is 1.64 bits per heavy atom. The number of rotatable bonds is 10. The molecular weight excluding hydrogens is 592 g/mol. The van der Waals surface area contributed by atoms with Gasteiger partial charge in [-0.25, -0.2) is 4.98 Å². The van der Waals surface area contributed by atoms with Crippen molar-refractivity contribution >= 4 is 39.8 Å². The van der Waals surface area contributed by atoms with Crippen LogP contribution in [0, 0.1) is 0 Å². The van der Waals surface area contributed by atoms with E-state index in [4.69, 9.17) is 9.47 Å². The first kappa shape index (κ1) is 32.2. The average Bonchev–Trinajstić information content (AvgIpc) is 3.07. The molecule has 9 nitrogen and oxygen atoms in total. The second-order valence-corrected chi connectivity index (χ2v) is 11.1. The zero-order chi connectivity index (χ0) is 30.6. The van der Waals surface area contributed by atoms with Crippen molar-refractivity contribution in [3.05, 3.63) is 88.3 Å². The first-order valence-electron chi connectivity index (χ1n) is 15.1. The molecule has 236 valence electrons. The van der Waals surface area contributed by atoms with Crippen molar-refractivity contribution < 1.29 is 19.7 Å². The van der Waals surface area contributed by atoms with E-state index >= 15 is 0 Å². The number of hydrogen-bond donors (Lipinski definition) is 3. The lowest BCUT2D eigenvalue weighted by molar-refractivity contribution is 0.237. The fourth-order valence-electron chi connectivity index (χ4n) is 6.37. The van der Waals surface area contributed by atoms with Gasteiger partial charge in [0.05, 0.1) is 33.0 Å². The maximum absolute atomic E-state index is 13.7. The standard InChI is InChI=1S/C35H38N4O5.ClH/c1-43-31-17-24-16-25(21-40)28(22-41)35(27(24)19-32(31)44-2)23-10-11-37-33(18-23)39-30-9-5-4-8-26(30)29(20-34(39)42)36-12-15-38-13-6-3-7-14-38;/h4-5,8-11,16-20,36,40-41H,3,6-7,12-15,21-22H2,1-2H3;1H. The Bertz CT molecular complexity index is 1860. The van der Waals surface area contributed by atoms with E-state index in [1.165, 1.54) is 19.3 Å². The average molecular weight is 631 g/mol. The van der Waals surface area contributed by atoms with Crippen LogP contribution in [-0.2, 0) is 13.2 Å². The van der Waals surface area contributed by atoms with Gasteiger partial charge in [-0.3, -0.25) is 9.36 Å². The topological polar surface area (TPSA) is 109 Å². The summed E-state index contributed by atoms with van der Waals surface area (Å²) in [6.45, 7) is 3.41. The zero-order valence-electron chi connectivity index (χ0n) is 25.6. The van der Waals surface area contributed by atoms with Gasteiger partial charge in [-0.15, -0.1) is 12.4 Å². The maximum atomic E-state index is 13.7. The SMILES string of the molecule is COc1cc2cc(CO)c(CO)c(-c3ccnc(-n4c(=O)cc(NCCN5CCCCC5)c5ccccc54)c3)c2cc1OC.Cl. The van der Waals surface area contributed by atoms with Crippen LogP contribution in [0.2, 0.25) is 0 Å². The highest BCUT2D eigenvalue weighted by molar-refractivity contribution is 6.01. The summed E-state index contributed by atoms with van der Waals surface area (Å²) in [5.74, 6) is 1.56. The van der Waals surface area contributed by atoms with Crippen molar-refractivity contribution in [1.29, 1.82) is 0 Å². The zero-order valence-corrected chi connectivity index (χ0v) is 26.4. The Kier molecular flexibility index (Phi) is 10.2. The Labute approximate surface area is 268 Å². The molecular formula is C35H39ClN4O5. The molecule has 0 unspecified atom stereocenters. The summed E-state index contributed by atoms with van der Waals surface area (Å²) in [4.78, 5) is 20.8. The summed E-state index contributed by atoms with van der Waals surface area (Å²) in [6.07, 6.45) is 5.45. The van der Waals surface area contributed by atoms with Gasteiger partial charge >= 0.3 is 0 Å². The molecule has 45 heavy (non-hydrogen) atoms. The number of hydrogen-bond acceptors (Lipinski definition) is 8. The van der Waals surface area contributed by atoms with Crippen molar-refractivity contribution in [3.63, 3.8) is 0 Å². The fourth-order valence-corrected chi connectivity index (χ4v) is 6.37. The minimum atomic E-state index is -0.284.